The van der Waals surface area contributed by atoms with Crippen molar-refractivity contribution in [3.63, 3.8) is 0 Å². The molecule has 1 saturated heterocycles. The molecular formula is C12H17NO2. The van der Waals surface area contributed by atoms with Crippen LogP contribution < -0.4 is 5.73 Å². The quantitative estimate of drug-likeness (QED) is 0.802. The molecule has 15 heavy (non-hydrogen) atoms. The van der Waals surface area contributed by atoms with Crippen molar-refractivity contribution in [2.24, 2.45) is 5.73 Å². The van der Waals surface area contributed by atoms with Crippen molar-refractivity contribution in [2.75, 3.05) is 13.2 Å². The highest BCUT2D eigenvalue weighted by molar-refractivity contribution is 5.34. The van der Waals surface area contributed by atoms with E-state index in [9.17, 15) is 0 Å². The lowest BCUT2D eigenvalue weighted by atomic mass is 10.0. The van der Waals surface area contributed by atoms with Gasteiger partial charge in [-0.2, -0.15) is 0 Å². The molecule has 1 aliphatic rings. The van der Waals surface area contributed by atoms with Crippen LogP contribution >= 0.6 is 0 Å². The number of rotatable bonds is 2. The van der Waals surface area contributed by atoms with E-state index < -0.39 is 0 Å². The van der Waals surface area contributed by atoms with E-state index >= 15 is 0 Å². The second-order valence-electron chi connectivity index (χ2n) is 3.95. The molecule has 1 aromatic carbocycles. The van der Waals surface area contributed by atoms with Gasteiger partial charge in [-0.25, -0.2) is 0 Å². The summed E-state index contributed by atoms with van der Waals surface area (Å²) in [5, 5.41) is 0. The average Bonchev–Trinajstić information content (AvgIpc) is 2.70. The molecule has 0 radical (unpaired) electrons. The highest BCUT2D eigenvalue weighted by Gasteiger charge is 2.27. The molecule has 2 N–H and O–H groups in total. The van der Waals surface area contributed by atoms with Crippen LogP contribution in [0.4, 0.5) is 0 Å². The van der Waals surface area contributed by atoms with Crippen molar-refractivity contribution in [3.8, 4) is 0 Å². The van der Waals surface area contributed by atoms with Crippen LogP contribution in [0.2, 0.25) is 0 Å². The van der Waals surface area contributed by atoms with Gasteiger partial charge in [-0.1, -0.05) is 18.2 Å². The van der Waals surface area contributed by atoms with Crippen LogP contribution in [-0.2, 0) is 9.47 Å². The largest absolute Gasteiger partial charge is 0.346 e. The van der Waals surface area contributed by atoms with E-state index in [0.717, 1.165) is 5.56 Å². The van der Waals surface area contributed by atoms with Gasteiger partial charge in [0, 0.05) is 12.1 Å². The van der Waals surface area contributed by atoms with Crippen LogP contribution in [0, 0.1) is 13.8 Å². The Morgan fingerprint density at radius 3 is 2.87 bits per heavy atom. The molecule has 1 aromatic rings. The van der Waals surface area contributed by atoms with Crippen molar-refractivity contribution >= 4 is 0 Å². The molecule has 0 aromatic heterocycles. The third-order valence-corrected chi connectivity index (χ3v) is 2.91. The van der Waals surface area contributed by atoms with Crippen LogP contribution in [0.1, 0.15) is 23.0 Å². The van der Waals surface area contributed by atoms with E-state index in [1.165, 1.54) is 11.1 Å². The normalized spacial score (nSPS) is 25.8. The summed E-state index contributed by atoms with van der Waals surface area (Å²) < 4.78 is 11.3. The highest BCUT2D eigenvalue weighted by Crippen LogP contribution is 2.29. The lowest BCUT2D eigenvalue weighted by Gasteiger charge is -2.14. The van der Waals surface area contributed by atoms with E-state index in [4.69, 9.17) is 15.2 Å². The van der Waals surface area contributed by atoms with Gasteiger partial charge in [0.25, 0.3) is 0 Å². The number of hydrogen-bond acceptors (Lipinski definition) is 3. The highest BCUT2D eigenvalue weighted by atomic mass is 16.7. The molecule has 0 bridgehead atoms. The molecule has 1 aliphatic heterocycles. The van der Waals surface area contributed by atoms with E-state index in [1.807, 2.05) is 12.1 Å². The fourth-order valence-corrected chi connectivity index (χ4v) is 1.76. The molecule has 3 heteroatoms. The fourth-order valence-electron chi connectivity index (χ4n) is 1.76. The van der Waals surface area contributed by atoms with Gasteiger partial charge < -0.3 is 15.2 Å². The topological polar surface area (TPSA) is 44.5 Å². The fraction of sp³-hybridized carbons (Fsp3) is 0.500. The summed E-state index contributed by atoms with van der Waals surface area (Å²) in [4.78, 5) is 0. The SMILES string of the molecule is Cc1cccc(C2OCC(CN)O2)c1C. The lowest BCUT2D eigenvalue weighted by molar-refractivity contribution is -0.0589. The summed E-state index contributed by atoms with van der Waals surface area (Å²) >= 11 is 0. The molecule has 0 spiro atoms. The molecule has 2 atom stereocenters. The van der Waals surface area contributed by atoms with Crippen molar-refractivity contribution in [3.05, 3.63) is 34.9 Å². The van der Waals surface area contributed by atoms with Crippen LogP contribution in [0.15, 0.2) is 18.2 Å². The summed E-state index contributed by atoms with van der Waals surface area (Å²) in [6.07, 6.45) is -0.201. The van der Waals surface area contributed by atoms with Crippen molar-refractivity contribution in [1.82, 2.24) is 0 Å². The van der Waals surface area contributed by atoms with E-state index in [2.05, 4.69) is 19.9 Å². The zero-order chi connectivity index (χ0) is 10.8. The Bertz CT molecular complexity index is 351. The predicted molar refractivity (Wildman–Crippen MR) is 58.5 cm³/mol. The molecule has 2 rings (SSSR count). The Labute approximate surface area is 90.2 Å². The Kier molecular flexibility index (Phi) is 3.05. The molecule has 0 amide bonds. The van der Waals surface area contributed by atoms with Crippen molar-refractivity contribution in [1.29, 1.82) is 0 Å². The lowest BCUT2D eigenvalue weighted by Crippen LogP contribution is -2.21. The van der Waals surface area contributed by atoms with Gasteiger partial charge in [0.15, 0.2) is 6.29 Å². The maximum atomic E-state index is 5.69. The summed E-state index contributed by atoms with van der Waals surface area (Å²) in [6.45, 7) is 5.29. The first-order valence-corrected chi connectivity index (χ1v) is 5.25. The smallest absolute Gasteiger partial charge is 0.184 e. The summed E-state index contributed by atoms with van der Waals surface area (Å²) in [5.41, 5.74) is 9.15. The Morgan fingerprint density at radius 1 is 1.40 bits per heavy atom. The summed E-state index contributed by atoms with van der Waals surface area (Å²) in [5.74, 6) is 0. The Hall–Kier alpha value is -0.900. The number of hydrogen-bond donors (Lipinski definition) is 1. The minimum absolute atomic E-state index is 0.0370. The van der Waals surface area contributed by atoms with Gasteiger partial charge >= 0.3 is 0 Å². The van der Waals surface area contributed by atoms with Gasteiger partial charge in [0.05, 0.1) is 12.7 Å². The minimum atomic E-state index is -0.238. The molecule has 0 aliphatic carbocycles. The van der Waals surface area contributed by atoms with Crippen LogP contribution in [0.3, 0.4) is 0 Å². The third kappa shape index (κ3) is 2.04. The molecule has 2 unspecified atom stereocenters. The molecule has 0 saturated carbocycles. The second-order valence-corrected chi connectivity index (χ2v) is 3.95. The monoisotopic (exact) mass is 207 g/mol. The second kappa shape index (κ2) is 4.31. The Balaban J connectivity index is 2.20. The van der Waals surface area contributed by atoms with E-state index in [1.54, 1.807) is 0 Å². The minimum Gasteiger partial charge on any atom is -0.346 e. The third-order valence-electron chi connectivity index (χ3n) is 2.91. The van der Waals surface area contributed by atoms with Gasteiger partial charge in [0.1, 0.15) is 0 Å². The van der Waals surface area contributed by atoms with Crippen LogP contribution in [0.5, 0.6) is 0 Å². The maximum absolute atomic E-state index is 5.69. The molecular weight excluding hydrogens is 190 g/mol. The first kappa shape index (κ1) is 10.6. The molecule has 1 heterocycles. The van der Waals surface area contributed by atoms with E-state index in [0.29, 0.717) is 13.2 Å². The maximum Gasteiger partial charge on any atom is 0.184 e. The standard InChI is InChI=1S/C12H17NO2/c1-8-4-3-5-11(9(8)2)12-14-7-10(6-13)15-12/h3-5,10,12H,6-7,13H2,1-2H3. The first-order chi connectivity index (χ1) is 7.22. The molecule has 1 fully saturated rings. The van der Waals surface area contributed by atoms with Crippen molar-refractivity contribution in [2.45, 2.75) is 26.2 Å². The van der Waals surface area contributed by atoms with Crippen LogP contribution in [0.25, 0.3) is 0 Å². The van der Waals surface area contributed by atoms with Gasteiger partial charge in [-0.3, -0.25) is 0 Å². The zero-order valence-corrected chi connectivity index (χ0v) is 9.19. The number of aryl methyl sites for hydroxylation is 1. The predicted octanol–water partition coefficient (Wildman–Crippen LogP) is 1.68. The number of ether oxygens (including phenoxy) is 2. The van der Waals surface area contributed by atoms with Crippen molar-refractivity contribution < 1.29 is 9.47 Å². The molecule has 82 valence electrons. The van der Waals surface area contributed by atoms with Gasteiger partial charge in [-0.05, 0) is 25.0 Å². The van der Waals surface area contributed by atoms with Gasteiger partial charge in [0.2, 0.25) is 0 Å². The first-order valence-electron chi connectivity index (χ1n) is 5.25. The van der Waals surface area contributed by atoms with Crippen LogP contribution in [-0.4, -0.2) is 19.3 Å². The summed E-state index contributed by atoms with van der Waals surface area (Å²) in [7, 11) is 0. The average molecular weight is 207 g/mol. The summed E-state index contributed by atoms with van der Waals surface area (Å²) in [6, 6.07) is 6.17. The van der Waals surface area contributed by atoms with E-state index in [-0.39, 0.29) is 12.4 Å². The zero-order valence-electron chi connectivity index (χ0n) is 9.19. The number of nitrogens with two attached hydrogens (primary N) is 1. The number of benzene rings is 1. The Morgan fingerprint density at radius 2 is 2.20 bits per heavy atom. The van der Waals surface area contributed by atoms with Gasteiger partial charge in [-0.15, -0.1) is 0 Å². The molecule has 3 nitrogen and oxygen atoms in total.